The molecule has 0 spiro atoms. The highest BCUT2D eigenvalue weighted by Crippen LogP contribution is 2.37. The number of benzene rings is 2. The molecular weight excluding hydrogens is 262 g/mol. The molecule has 0 unspecified atom stereocenters. The molecule has 0 aliphatic carbocycles. The van der Waals surface area contributed by atoms with Gasteiger partial charge in [0.1, 0.15) is 11.8 Å². The van der Waals surface area contributed by atoms with Crippen molar-refractivity contribution in [3.63, 3.8) is 0 Å². The zero-order valence-corrected chi connectivity index (χ0v) is 11.4. The van der Waals surface area contributed by atoms with E-state index in [1.54, 1.807) is 23.9 Å². The van der Waals surface area contributed by atoms with Gasteiger partial charge in [-0.05, 0) is 30.5 Å². The van der Waals surface area contributed by atoms with Crippen molar-refractivity contribution in [2.75, 3.05) is 6.26 Å². The van der Waals surface area contributed by atoms with Crippen LogP contribution in [0.4, 0.5) is 0 Å². The highest BCUT2D eigenvalue weighted by Gasteiger charge is 2.10. The van der Waals surface area contributed by atoms with E-state index in [-0.39, 0.29) is 5.75 Å². The summed E-state index contributed by atoms with van der Waals surface area (Å²) < 4.78 is 0. The first-order valence-corrected chi connectivity index (χ1v) is 7.33. The number of aromatic hydroxyl groups is 1. The molecule has 90 valence electrons. The second-order valence-corrected chi connectivity index (χ2v) is 5.45. The van der Waals surface area contributed by atoms with Crippen LogP contribution in [0.25, 0.3) is 0 Å². The minimum atomic E-state index is 0.237. The molecule has 2 aromatic rings. The molecular formula is C14H11NOS2. The summed E-state index contributed by atoms with van der Waals surface area (Å²) in [6.07, 6.45) is 1.95. The molecule has 0 radical (unpaired) electrons. The van der Waals surface area contributed by atoms with Crippen molar-refractivity contribution in [3.05, 3.63) is 48.0 Å². The lowest BCUT2D eigenvalue weighted by Crippen LogP contribution is -1.85. The van der Waals surface area contributed by atoms with Crippen LogP contribution in [-0.2, 0) is 0 Å². The maximum absolute atomic E-state index is 9.75. The molecule has 0 aliphatic heterocycles. The van der Waals surface area contributed by atoms with Crippen LogP contribution < -0.4 is 0 Å². The largest absolute Gasteiger partial charge is 0.507 e. The molecule has 0 amide bonds. The number of nitrogens with zero attached hydrogens (tertiary/aromatic N) is 1. The van der Waals surface area contributed by atoms with Crippen molar-refractivity contribution in [1.82, 2.24) is 0 Å². The fourth-order valence-electron chi connectivity index (χ4n) is 1.54. The maximum Gasteiger partial charge on any atom is 0.129 e. The third-order valence-electron chi connectivity index (χ3n) is 2.40. The number of hydrogen-bond donors (Lipinski definition) is 1. The van der Waals surface area contributed by atoms with Gasteiger partial charge in [-0.2, -0.15) is 5.26 Å². The van der Waals surface area contributed by atoms with Gasteiger partial charge in [0, 0.05) is 9.79 Å². The van der Waals surface area contributed by atoms with E-state index in [1.165, 1.54) is 11.8 Å². The monoisotopic (exact) mass is 273 g/mol. The summed E-state index contributed by atoms with van der Waals surface area (Å²) in [5.41, 5.74) is 0.665. The molecule has 0 fully saturated rings. The summed E-state index contributed by atoms with van der Waals surface area (Å²) in [7, 11) is 0. The van der Waals surface area contributed by atoms with Gasteiger partial charge in [0.15, 0.2) is 0 Å². The molecule has 0 heterocycles. The summed E-state index contributed by atoms with van der Waals surface area (Å²) in [5, 5.41) is 19.0. The van der Waals surface area contributed by atoms with E-state index >= 15 is 0 Å². The smallest absolute Gasteiger partial charge is 0.129 e. The Hall–Kier alpha value is -1.57. The normalized spacial score (nSPS) is 10.0. The fraction of sp³-hybridized carbons (Fsp3) is 0.0714. The van der Waals surface area contributed by atoms with Gasteiger partial charge < -0.3 is 5.11 Å². The number of para-hydroxylation sites is 1. The molecule has 1 N–H and O–H groups in total. The molecule has 0 atom stereocenters. The van der Waals surface area contributed by atoms with Gasteiger partial charge in [0.25, 0.3) is 0 Å². The molecule has 2 nitrogen and oxygen atoms in total. The predicted molar refractivity (Wildman–Crippen MR) is 75.2 cm³/mol. The first-order valence-electron chi connectivity index (χ1n) is 5.29. The highest BCUT2D eigenvalue weighted by molar-refractivity contribution is 8.00. The second kappa shape index (κ2) is 5.85. The van der Waals surface area contributed by atoms with Crippen LogP contribution >= 0.6 is 23.5 Å². The minimum absolute atomic E-state index is 0.237. The molecule has 0 bridgehead atoms. The van der Waals surface area contributed by atoms with Gasteiger partial charge in [-0.3, -0.25) is 0 Å². The van der Waals surface area contributed by atoms with Crippen molar-refractivity contribution in [1.29, 1.82) is 5.26 Å². The van der Waals surface area contributed by atoms with E-state index < -0.39 is 0 Å². The summed E-state index contributed by atoms with van der Waals surface area (Å²) in [6.45, 7) is 0. The molecule has 2 aromatic carbocycles. The first-order chi connectivity index (χ1) is 8.76. The van der Waals surface area contributed by atoms with Crippen LogP contribution in [0, 0.1) is 11.3 Å². The molecule has 0 saturated carbocycles. The number of nitriles is 1. The molecule has 2 rings (SSSR count). The van der Waals surface area contributed by atoms with Crippen LogP contribution in [0.1, 0.15) is 5.56 Å². The Bertz CT molecular complexity index is 605. The van der Waals surface area contributed by atoms with E-state index in [9.17, 15) is 10.4 Å². The van der Waals surface area contributed by atoms with E-state index in [0.29, 0.717) is 5.56 Å². The predicted octanol–water partition coefficient (Wildman–Crippen LogP) is 4.14. The van der Waals surface area contributed by atoms with Crippen molar-refractivity contribution < 1.29 is 5.11 Å². The lowest BCUT2D eigenvalue weighted by molar-refractivity contribution is 0.462. The summed E-state index contributed by atoms with van der Waals surface area (Å²) in [4.78, 5) is 2.58. The van der Waals surface area contributed by atoms with Gasteiger partial charge in [0.05, 0.1) is 10.5 Å². The molecule has 18 heavy (non-hydrogen) atoms. The van der Waals surface area contributed by atoms with Crippen LogP contribution in [-0.4, -0.2) is 11.4 Å². The summed E-state index contributed by atoms with van der Waals surface area (Å²) in [6, 6.07) is 15.1. The van der Waals surface area contributed by atoms with E-state index in [1.807, 2.05) is 36.6 Å². The van der Waals surface area contributed by atoms with Gasteiger partial charge in [-0.15, -0.1) is 11.8 Å². The number of phenols is 1. The Morgan fingerprint density at radius 2 is 1.67 bits per heavy atom. The third-order valence-corrected chi connectivity index (χ3v) is 4.31. The number of rotatable bonds is 3. The van der Waals surface area contributed by atoms with Crippen LogP contribution in [0.15, 0.2) is 57.2 Å². The molecule has 4 heteroatoms. The highest BCUT2D eigenvalue weighted by atomic mass is 32.2. The topological polar surface area (TPSA) is 44.0 Å². The molecule has 0 saturated heterocycles. The Morgan fingerprint density at radius 3 is 2.33 bits per heavy atom. The van der Waals surface area contributed by atoms with Crippen molar-refractivity contribution >= 4 is 23.5 Å². The molecule has 0 aliphatic rings. The van der Waals surface area contributed by atoms with Gasteiger partial charge in [0.2, 0.25) is 0 Å². The Balaban J connectivity index is 2.42. The van der Waals surface area contributed by atoms with E-state index in [0.717, 1.165) is 14.7 Å². The fourth-order valence-corrected chi connectivity index (χ4v) is 3.14. The van der Waals surface area contributed by atoms with Crippen molar-refractivity contribution in [3.8, 4) is 11.8 Å². The quantitative estimate of drug-likeness (QED) is 0.854. The van der Waals surface area contributed by atoms with Gasteiger partial charge in [-0.1, -0.05) is 30.0 Å². The van der Waals surface area contributed by atoms with Crippen LogP contribution in [0.2, 0.25) is 0 Å². The van der Waals surface area contributed by atoms with Crippen molar-refractivity contribution in [2.45, 2.75) is 14.7 Å². The maximum atomic E-state index is 9.75. The Morgan fingerprint density at radius 1 is 1.00 bits per heavy atom. The third kappa shape index (κ3) is 2.63. The lowest BCUT2D eigenvalue weighted by atomic mass is 10.2. The van der Waals surface area contributed by atoms with Gasteiger partial charge >= 0.3 is 0 Å². The number of thioether (sulfide) groups is 1. The lowest BCUT2D eigenvalue weighted by Gasteiger charge is -2.08. The van der Waals surface area contributed by atoms with Crippen LogP contribution in [0.5, 0.6) is 5.75 Å². The number of hydrogen-bond acceptors (Lipinski definition) is 4. The van der Waals surface area contributed by atoms with Crippen molar-refractivity contribution in [2.24, 2.45) is 0 Å². The Kier molecular flexibility index (Phi) is 4.19. The molecule has 0 aromatic heterocycles. The summed E-state index contributed by atoms with van der Waals surface area (Å²) in [5.74, 6) is 0.237. The zero-order chi connectivity index (χ0) is 13.0. The average Bonchev–Trinajstić information content (AvgIpc) is 2.41. The van der Waals surface area contributed by atoms with Gasteiger partial charge in [-0.25, -0.2) is 0 Å². The summed E-state index contributed by atoms with van der Waals surface area (Å²) >= 11 is 2.96. The zero-order valence-electron chi connectivity index (χ0n) is 9.75. The first kappa shape index (κ1) is 12.9. The Labute approximate surface area is 115 Å². The second-order valence-electron chi connectivity index (χ2n) is 3.51. The SMILES string of the molecule is CSc1cccc(Sc2ccccc2O)c1C#N. The number of phenolic OH excluding ortho intramolecular Hbond substituents is 1. The van der Waals surface area contributed by atoms with E-state index in [4.69, 9.17) is 0 Å². The average molecular weight is 273 g/mol. The minimum Gasteiger partial charge on any atom is -0.507 e. The van der Waals surface area contributed by atoms with Crippen LogP contribution in [0.3, 0.4) is 0 Å². The van der Waals surface area contributed by atoms with E-state index in [2.05, 4.69) is 6.07 Å². The standard InChI is InChI=1S/C14H11NOS2/c1-17-12-7-4-8-13(10(12)9-15)18-14-6-3-2-5-11(14)16/h2-8,16H,1H3.